The van der Waals surface area contributed by atoms with E-state index in [1.54, 1.807) is 41.8 Å². The molecule has 2 heterocycles. The van der Waals surface area contributed by atoms with Crippen LogP contribution >= 0.6 is 11.3 Å². The van der Waals surface area contributed by atoms with Gasteiger partial charge >= 0.3 is 0 Å². The molecule has 1 aromatic carbocycles. The molecule has 3 aromatic rings. The van der Waals surface area contributed by atoms with Crippen molar-refractivity contribution in [1.82, 2.24) is 9.29 Å². The first kappa shape index (κ1) is 20.5. The molecule has 0 aliphatic heterocycles. The van der Waals surface area contributed by atoms with E-state index < -0.39 is 10.0 Å². The molecule has 0 spiro atoms. The maximum absolute atomic E-state index is 13.3. The van der Waals surface area contributed by atoms with E-state index in [0.717, 1.165) is 5.56 Å². The van der Waals surface area contributed by atoms with Crippen LogP contribution in [-0.4, -0.2) is 24.3 Å². The molecule has 0 atom stereocenters. The van der Waals surface area contributed by atoms with Crippen molar-refractivity contribution in [3.05, 3.63) is 76.7 Å². The van der Waals surface area contributed by atoms with Gasteiger partial charge in [-0.2, -0.15) is 15.6 Å². The highest BCUT2D eigenvalue weighted by atomic mass is 32.2. The summed E-state index contributed by atoms with van der Waals surface area (Å²) in [6, 6.07) is 14.1. The van der Waals surface area contributed by atoms with Crippen molar-refractivity contribution in [2.45, 2.75) is 31.8 Å². The molecule has 0 N–H and O–H groups in total. The molecule has 0 bridgehead atoms. The summed E-state index contributed by atoms with van der Waals surface area (Å²) in [5, 5.41) is 3.91. The summed E-state index contributed by atoms with van der Waals surface area (Å²) in [5.74, 6) is 1.07. The van der Waals surface area contributed by atoms with Gasteiger partial charge < -0.3 is 4.74 Å². The van der Waals surface area contributed by atoms with E-state index in [2.05, 4.69) is 18.8 Å². The fourth-order valence-electron chi connectivity index (χ4n) is 2.60. The van der Waals surface area contributed by atoms with Crippen LogP contribution in [0.2, 0.25) is 0 Å². The van der Waals surface area contributed by atoms with Crippen LogP contribution in [-0.2, 0) is 23.1 Å². The van der Waals surface area contributed by atoms with Gasteiger partial charge in [-0.05, 0) is 64.7 Å². The summed E-state index contributed by atoms with van der Waals surface area (Å²) >= 11 is 1.55. The third-order valence-electron chi connectivity index (χ3n) is 4.05. The fourth-order valence-corrected chi connectivity index (χ4v) is 4.66. The molecule has 2 aromatic heterocycles. The first-order valence-corrected chi connectivity index (χ1v) is 11.5. The summed E-state index contributed by atoms with van der Waals surface area (Å²) in [5.41, 5.74) is 1.67. The van der Waals surface area contributed by atoms with Crippen molar-refractivity contribution < 1.29 is 13.2 Å². The first-order valence-electron chi connectivity index (χ1n) is 9.09. The number of rotatable bonds is 9. The number of thiophene rings is 1. The normalized spacial score (nSPS) is 11.9. The Labute approximate surface area is 170 Å². The molecule has 0 fully saturated rings. The van der Waals surface area contributed by atoms with E-state index in [1.807, 2.05) is 35.0 Å². The number of pyridine rings is 1. The molecule has 7 heteroatoms. The quantitative estimate of drug-likeness (QED) is 0.513. The van der Waals surface area contributed by atoms with Crippen molar-refractivity contribution in [3.8, 4) is 5.75 Å². The fraction of sp³-hybridized carbons (Fsp3) is 0.286. The van der Waals surface area contributed by atoms with Crippen LogP contribution in [0.3, 0.4) is 0 Å². The molecular formula is C21H24N2O3S2. The zero-order valence-corrected chi connectivity index (χ0v) is 17.6. The zero-order valence-electron chi connectivity index (χ0n) is 16.0. The standard InChI is InChI=1S/C21H24N2O3S2/c1-17(2)15-26-20-6-8-21(9-7-20)28(24,25)23(13-18-10-12-27-16-18)14-19-5-3-4-11-22-19/h3-12,16-17H,13-15H2,1-2H3. The molecule has 28 heavy (non-hydrogen) atoms. The Balaban J connectivity index is 1.84. The number of hydrogen-bond donors (Lipinski definition) is 0. The lowest BCUT2D eigenvalue weighted by Gasteiger charge is -2.22. The molecule has 5 nitrogen and oxygen atoms in total. The van der Waals surface area contributed by atoms with Gasteiger partial charge in [0.2, 0.25) is 10.0 Å². The number of hydrogen-bond acceptors (Lipinski definition) is 5. The van der Waals surface area contributed by atoms with Gasteiger partial charge in [-0.1, -0.05) is 19.9 Å². The van der Waals surface area contributed by atoms with Crippen LogP contribution < -0.4 is 4.74 Å². The van der Waals surface area contributed by atoms with E-state index in [1.165, 1.54) is 4.31 Å². The summed E-state index contributed by atoms with van der Waals surface area (Å²) in [4.78, 5) is 4.53. The Morgan fingerprint density at radius 1 is 1.07 bits per heavy atom. The molecule has 0 unspecified atom stereocenters. The smallest absolute Gasteiger partial charge is 0.243 e. The Hall–Kier alpha value is -2.22. The number of aromatic nitrogens is 1. The second-order valence-corrected chi connectivity index (χ2v) is 9.62. The molecule has 0 aliphatic rings. The van der Waals surface area contributed by atoms with Crippen molar-refractivity contribution >= 4 is 21.4 Å². The van der Waals surface area contributed by atoms with Crippen LogP contribution in [0.25, 0.3) is 0 Å². The average Bonchev–Trinajstić information content (AvgIpc) is 3.20. The second-order valence-electron chi connectivity index (χ2n) is 6.90. The van der Waals surface area contributed by atoms with Gasteiger partial charge in [0.15, 0.2) is 0 Å². The maximum atomic E-state index is 13.3. The van der Waals surface area contributed by atoms with E-state index in [9.17, 15) is 8.42 Å². The van der Waals surface area contributed by atoms with E-state index in [4.69, 9.17) is 4.74 Å². The van der Waals surface area contributed by atoms with Crippen LogP contribution in [0.15, 0.2) is 70.4 Å². The van der Waals surface area contributed by atoms with Gasteiger partial charge in [-0.15, -0.1) is 0 Å². The summed E-state index contributed by atoms with van der Waals surface area (Å²) < 4.78 is 33.7. The largest absolute Gasteiger partial charge is 0.493 e. The predicted octanol–water partition coefficient (Wildman–Crippen LogP) is 4.57. The van der Waals surface area contributed by atoms with Crippen molar-refractivity contribution in [2.75, 3.05) is 6.61 Å². The monoisotopic (exact) mass is 416 g/mol. The van der Waals surface area contributed by atoms with Gasteiger partial charge in [0.1, 0.15) is 5.75 Å². The van der Waals surface area contributed by atoms with Crippen molar-refractivity contribution in [2.24, 2.45) is 5.92 Å². The highest BCUT2D eigenvalue weighted by Crippen LogP contribution is 2.24. The Morgan fingerprint density at radius 3 is 2.46 bits per heavy atom. The lowest BCUT2D eigenvalue weighted by atomic mass is 10.2. The van der Waals surface area contributed by atoms with E-state index in [-0.39, 0.29) is 11.4 Å². The predicted molar refractivity (Wildman–Crippen MR) is 112 cm³/mol. The molecule has 148 valence electrons. The lowest BCUT2D eigenvalue weighted by molar-refractivity contribution is 0.271. The highest BCUT2D eigenvalue weighted by Gasteiger charge is 2.25. The zero-order chi connectivity index (χ0) is 20.0. The minimum atomic E-state index is -3.68. The second kappa shape index (κ2) is 9.32. The summed E-state index contributed by atoms with van der Waals surface area (Å²) in [6.07, 6.45) is 1.67. The minimum Gasteiger partial charge on any atom is -0.493 e. The molecular weight excluding hydrogens is 392 g/mol. The van der Waals surface area contributed by atoms with E-state index in [0.29, 0.717) is 30.5 Å². The Bertz CT molecular complexity index is 955. The maximum Gasteiger partial charge on any atom is 0.243 e. The average molecular weight is 417 g/mol. The topological polar surface area (TPSA) is 59.5 Å². The van der Waals surface area contributed by atoms with Crippen molar-refractivity contribution in [3.63, 3.8) is 0 Å². The van der Waals surface area contributed by atoms with Gasteiger partial charge in [-0.3, -0.25) is 4.98 Å². The van der Waals surface area contributed by atoms with Gasteiger partial charge in [-0.25, -0.2) is 8.42 Å². The number of benzene rings is 1. The van der Waals surface area contributed by atoms with E-state index >= 15 is 0 Å². The molecule has 0 saturated carbocycles. The Morgan fingerprint density at radius 2 is 1.86 bits per heavy atom. The number of ether oxygens (including phenoxy) is 1. The van der Waals surface area contributed by atoms with Crippen LogP contribution in [0.1, 0.15) is 25.1 Å². The highest BCUT2D eigenvalue weighted by molar-refractivity contribution is 7.89. The lowest BCUT2D eigenvalue weighted by Crippen LogP contribution is -2.30. The van der Waals surface area contributed by atoms with Gasteiger partial charge in [0.05, 0.1) is 23.7 Å². The summed E-state index contributed by atoms with van der Waals surface area (Å²) in [7, 11) is -3.68. The Kier molecular flexibility index (Phi) is 6.83. The SMILES string of the molecule is CC(C)COc1ccc(S(=O)(=O)N(Cc2ccsc2)Cc2ccccn2)cc1. The van der Waals surface area contributed by atoms with Crippen LogP contribution in [0, 0.1) is 5.92 Å². The van der Waals surface area contributed by atoms with Crippen LogP contribution in [0.5, 0.6) is 5.75 Å². The molecule has 0 aliphatic carbocycles. The van der Waals surface area contributed by atoms with Gasteiger partial charge in [0.25, 0.3) is 0 Å². The number of nitrogens with zero attached hydrogens (tertiary/aromatic N) is 2. The molecule has 0 amide bonds. The molecule has 0 saturated heterocycles. The molecule has 3 rings (SSSR count). The number of sulfonamides is 1. The van der Waals surface area contributed by atoms with Crippen molar-refractivity contribution in [1.29, 1.82) is 0 Å². The molecule has 0 radical (unpaired) electrons. The first-order chi connectivity index (χ1) is 13.4. The van der Waals surface area contributed by atoms with Gasteiger partial charge in [0, 0.05) is 12.7 Å². The third kappa shape index (κ3) is 5.41. The summed E-state index contributed by atoms with van der Waals surface area (Å²) in [6.45, 7) is 5.24. The minimum absolute atomic E-state index is 0.213. The third-order valence-corrected chi connectivity index (χ3v) is 6.59. The van der Waals surface area contributed by atoms with Crippen LogP contribution in [0.4, 0.5) is 0 Å².